The second-order valence-corrected chi connectivity index (χ2v) is 4.09. The summed E-state index contributed by atoms with van der Waals surface area (Å²) in [6.07, 6.45) is 0.946. The fraction of sp³-hybridized carbons (Fsp3) is 0.364. The Kier molecular flexibility index (Phi) is 5.60. The van der Waals surface area contributed by atoms with Crippen LogP contribution in [-0.2, 0) is 4.84 Å². The third-order valence-corrected chi connectivity index (χ3v) is 2.26. The molecule has 0 saturated heterocycles. The van der Waals surface area contributed by atoms with E-state index in [1.54, 1.807) is 25.1 Å². The summed E-state index contributed by atoms with van der Waals surface area (Å²) in [4.78, 5) is 9.39. The number of rotatable bonds is 4. The van der Waals surface area contributed by atoms with E-state index < -0.39 is 0 Å². The molecule has 0 aliphatic heterocycles. The first kappa shape index (κ1) is 13.3. The maximum Gasteiger partial charge on any atom is 0.123 e. The van der Waals surface area contributed by atoms with Crippen LogP contribution in [0.2, 0.25) is 10.0 Å². The number of nitrogens with zero attached hydrogens (tertiary/aromatic N) is 1. The lowest BCUT2D eigenvalue weighted by molar-refractivity contribution is 0.0852. The highest BCUT2D eigenvalue weighted by Crippen LogP contribution is 2.27. The maximum atomic E-state index is 5.97. The minimum absolute atomic E-state index is 0.518. The van der Waals surface area contributed by atoms with Gasteiger partial charge in [0.2, 0.25) is 0 Å². The molecular weight excluding hydrogens is 247 g/mol. The summed E-state index contributed by atoms with van der Waals surface area (Å²) in [5, 5.41) is 1.11. The van der Waals surface area contributed by atoms with Gasteiger partial charge in [0.25, 0.3) is 0 Å². The van der Waals surface area contributed by atoms with Crippen molar-refractivity contribution in [3.63, 3.8) is 0 Å². The summed E-state index contributed by atoms with van der Waals surface area (Å²) < 4.78 is 0. The van der Waals surface area contributed by atoms with Gasteiger partial charge in [-0.05, 0) is 31.5 Å². The Balaban J connectivity index is 2.66. The predicted octanol–water partition coefficient (Wildman–Crippen LogP) is 3.97. The van der Waals surface area contributed by atoms with Crippen molar-refractivity contribution < 1.29 is 4.84 Å². The molecule has 1 rings (SSSR count). The molecule has 0 unspecified atom stereocenters. The fourth-order valence-corrected chi connectivity index (χ4v) is 1.48. The Hall–Kier alpha value is -0.770. The number of hydrogen-bond donors (Lipinski definition) is 1. The number of benzene rings is 1. The number of amidine groups is 1. The molecule has 0 amide bonds. The molecule has 1 aromatic carbocycles. The minimum Gasteiger partial charge on any atom is -0.275 e. The molecule has 0 spiro atoms. The highest BCUT2D eigenvalue weighted by atomic mass is 35.5. The van der Waals surface area contributed by atoms with Gasteiger partial charge in [0.05, 0.1) is 17.3 Å². The van der Waals surface area contributed by atoms with Gasteiger partial charge in [0, 0.05) is 5.02 Å². The maximum absolute atomic E-state index is 5.97. The lowest BCUT2D eigenvalue weighted by Gasteiger charge is -2.05. The van der Waals surface area contributed by atoms with Crippen molar-refractivity contribution in [2.45, 2.75) is 20.3 Å². The van der Waals surface area contributed by atoms with Crippen LogP contribution in [0.15, 0.2) is 23.2 Å². The average molecular weight is 261 g/mol. The zero-order chi connectivity index (χ0) is 12.0. The number of nitrogens with one attached hydrogen (secondary N) is 1. The molecule has 88 valence electrons. The summed E-state index contributed by atoms with van der Waals surface area (Å²) in [5.41, 5.74) is 3.40. The molecule has 0 heterocycles. The van der Waals surface area contributed by atoms with Crippen molar-refractivity contribution in [1.82, 2.24) is 5.48 Å². The molecule has 0 aliphatic rings. The van der Waals surface area contributed by atoms with Gasteiger partial charge in [-0.25, -0.2) is 4.99 Å². The first-order chi connectivity index (χ1) is 7.63. The van der Waals surface area contributed by atoms with E-state index in [4.69, 9.17) is 28.0 Å². The molecule has 0 radical (unpaired) electrons. The highest BCUT2D eigenvalue weighted by molar-refractivity contribution is 6.36. The van der Waals surface area contributed by atoms with Crippen molar-refractivity contribution in [2.24, 2.45) is 4.99 Å². The second-order valence-electron chi connectivity index (χ2n) is 3.24. The SMILES string of the molecule is CCCONC(C)=Nc1ccc(Cl)cc1Cl. The Morgan fingerprint density at radius 2 is 2.19 bits per heavy atom. The predicted molar refractivity (Wildman–Crippen MR) is 68.6 cm³/mol. The fourth-order valence-electron chi connectivity index (χ4n) is 1.03. The van der Waals surface area contributed by atoms with E-state index in [1.165, 1.54) is 0 Å². The first-order valence-electron chi connectivity index (χ1n) is 5.01. The van der Waals surface area contributed by atoms with Gasteiger partial charge in [0.15, 0.2) is 0 Å². The molecule has 0 atom stereocenters. The van der Waals surface area contributed by atoms with Crippen molar-refractivity contribution >= 4 is 34.7 Å². The molecule has 1 N–H and O–H groups in total. The zero-order valence-electron chi connectivity index (χ0n) is 9.26. The summed E-state index contributed by atoms with van der Waals surface area (Å²) in [6, 6.07) is 5.16. The normalized spacial score (nSPS) is 11.6. The van der Waals surface area contributed by atoms with Crippen LogP contribution in [0, 0.1) is 0 Å². The summed E-state index contributed by atoms with van der Waals surface area (Å²) in [5.74, 6) is 0.651. The Morgan fingerprint density at radius 1 is 1.44 bits per heavy atom. The Labute approximate surface area is 105 Å². The minimum atomic E-state index is 0.518. The van der Waals surface area contributed by atoms with Crippen LogP contribution >= 0.6 is 23.2 Å². The number of halogens is 2. The van der Waals surface area contributed by atoms with Crippen molar-refractivity contribution in [2.75, 3.05) is 6.61 Å². The number of aliphatic imine (C=N–C) groups is 1. The van der Waals surface area contributed by atoms with E-state index in [2.05, 4.69) is 10.5 Å². The molecule has 0 aliphatic carbocycles. The molecule has 0 saturated carbocycles. The molecule has 0 fully saturated rings. The lowest BCUT2D eigenvalue weighted by Crippen LogP contribution is -2.20. The third kappa shape index (κ3) is 4.39. The van der Waals surface area contributed by atoms with Crippen LogP contribution < -0.4 is 5.48 Å². The molecule has 5 heteroatoms. The lowest BCUT2D eigenvalue weighted by atomic mass is 10.3. The highest BCUT2D eigenvalue weighted by Gasteiger charge is 2.00. The molecule has 1 aromatic rings. The monoisotopic (exact) mass is 260 g/mol. The third-order valence-electron chi connectivity index (χ3n) is 1.72. The molecular formula is C11H14Cl2N2O. The molecule has 0 bridgehead atoms. The zero-order valence-corrected chi connectivity index (χ0v) is 10.8. The van der Waals surface area contributed by atoms with Gasteiger partial charge < -0.3 is 0 Å². The molecule has 3 nitrogen and oxygen atoms in total. The van der Waals surface area contributed by atoms with Crippen LogP contribution in [0.3, 0.4) is 0 Å². The van der Waals surface area contributed by atoms with Gasteiger partial charge in [-0.1, -0.05) is 30.1 Å². The van der Waals surface area contributed by atoms with E-state index >= 15 is 0 Å². The van der Waals surface area contributed by atoms with Crippen LogP contribution in [0.25, 0.3) is 0 Å². The van der Waals surface area contributed by atoms with Gasteiger partial charge in [-0.2, -0.15) is 0 Å². The van der Waals surface area contributed by atoms with Crippen LogP contribution in [0.4, 0.5) is 5.69 Å². The number of hydrogen-bond acceptors (Lipinski definition) is 2. The van der Waals surface area contributed by atoms with Crippen LogP contribution in [0.1, 0.15) is 20.3 Å². The van der Waals surface area contributed by atoms with E-state index in [0.717, 1.165) is 6.42 Å². The van der Waals surface area contributed by atoms with Crippen molar-refractivity contribution in [3.05, 3.63) is 28.2 Å². The Morgan fingerprint density at radius 3 is 2.81 bits per heavy atom. The van der Waals surface area contributed by atoms with E-state index in [0.29, 0.717) is 28.2 Å². The molecule has 16 heavy (non-hydrogen) atoms. The second kappa shape index (κ2) is 6.74. The van der Waals surface area contributed by atoms with E-state index in [1.807, 2.05) is 6.92 Å². The summed E-state index contributed by atoms with van der Waals surface area (Å²) in [7, 11) is 0. The molecule has 0 aromatic heterocycles. The van der Waals surface area contributed by atoms with Gasteiger partial charge in [-0.3, -0.25) is 10.3 Å². The standard InChI is InChI=1S/C11H14Cl2N2O/c1-3-6-16-15-8(2)14-11-5-4-9(12)7-10(11)13/h4-5,7H,3,6H2,1-2H3,(H,14,15). The summed E-state index contributed by atoms with van der Waals surface area (Å²) >= 11 is 11.8. The topological polar surface area (TPSA) is 33.6 Å². The number of hydroxylamine groups is 1. The smallest absolute Gasteiger partial charge is 0.123 e. The quantitative estimate of drug-likeness (QED) is 0.385. The van der Waals surface area contributed by atoms with Gasteiger partial charge >= 0.3 is 0 Å². The van der Waals surface area contributed by atoms with Gasteiger partial charge in [-0.15, -0.1) is 0 Å². The average Bonchev–Trinajstić information content (AvgIpc) is 2.23. The largest absolute Gasteiger partial charge is 0.275 e. The van der Waals surface area contributed by atoms with E-state index in [9.17, 15) is 0 Å². The first-order valence-corrected chi connectivity index (χ1v) is 5.77. The van der Waals surface area contributed by atoms with Crippen LogP contribution in [-0.4, -0.2) is 12.4 Å². The van der Waals surface area contributed by atoms with E-state index in [-0.39, 0.29) is 0 Å². The summed E-state index contributed by atoms with van der Waals surface area (Å²) in [6.45, 7) is 4.48. The van der Waals surface area contributed by atoms with Crippen LogP contribution in [0.5, 0.6) is 0 Å². The van der Waals surface area contributed by atoms with Crippen molar-refractivity contribution in [3.8, 4) is 0 Å². The Bertz CT molecular complexity index is 380. The van der Waals surface area contributed by atoms with Crippen molar-refractivity contribution in [1.29, 1.82) is 0 Å². The van der Waals surface area contributed by atoms with Gasteiger partial charge in [0.1, 0.15) is 5.84 Å².